The fourth-order valence-corrected chi connectivity index (χ4v) is 3.50. The van der Waals surface area contributed by atoms with E-state index in [1.807, 2.05) is 35.2 Å². The molecule has 25 heavy (non-hydrogen) atoms. The van der Waals surface area contributed by atoms with Gasteiger partial charge in [0.25, 0.3) is 5.91 Å². The predicted molar refractivity (Wildman–Crippen MR) is 94.1 cm³/mol. The number of carbonyl (C=O) groups is 1. The van der Waals surface area contributed by atoms with Gasteiger partial charge in [0.1, 0.15) is 12.8 Å². The van der Waals surface area contributed by atoms with E-state index in [9.17, 15) is 9.59 Å². The summed E-state index contributed by atoms with van der Waals surface area (Å²) in [7, 11) is 0. The Morgan fingerprint density at radius 3 is 2.76 bits per heavy atom. The number of hydrogen-bond acceptors (Lipinski definition) is 4. The van der Waals surface area contributed by atoms with E-state index in [0.29, 0.717) is 12.5 Å². The van der Waals surface area contributed by atoms with Crippen LogP contribution >= 0.6 is 0 Å². The van der Waals surface area contributed by atoms with E-state index < -0.39 is 0 Å². The number of aromatic nitrogens is 1. The van der Waals surface area contributed by atoms with Crippen LogP contribution in [0.25, 0.3) is 0 Å². The van der Waals surface area contributed by atoms with Gasteiger partial charge in [-0.3, -0.25) is 14.3 Å². The molecule has 4 rings (SSSR count). The molecular formula is C19H21N3O3. The molecule has 0 saturated carbocycles. The van der Waals surface area contributed by atoms with E-state index in [4.69, 9.17) is 4.74 Å². The van der Waals surface area contributed by atoms with Gasteiger partial charge < -0.3 is 15.1 Å². The van der Waals surface area contributed by atoms with Crippen molar-refractivity contribution in [1.29, 1.82) is 0 Å². The maximum atomic E-state index is 13.0. The van der Waals surface area contributed by atoms with Gasteiger partial charge in [0.05, 0.1) is 0 Å². The second-order valence-electron chi connectivity index (χ2n) is 6.79. The zero-order valence-electron chi connectivity index (χ0n) is 14.1. The quantitative estimate of drug-likeness (QED) is 0.931. The fraction of sp³-hybridized carbons (Fsp3) is 0.368. The second-order valence-corrected chi connectivity index (χ2v) is 6.79. The molecule has 1 N–H and O–H groups in total. The first-order valence-corrected chi connectivity index (χ1v) is 8.63. The van der Waals surface area contributed by atoms with Gasteiger partial charge in [-0.05, 0) is 24.3 Å². The van der Waals surface area contributed by atoms with Crippen LogP contribution in [0.5, 0.6) is 5.75 Å². The van der Waals surface area contributed by atoms with Crippen molar-refractivity contribution in [3.8, 4) is 5.75 Å². The number of hydrogen-bond donors (Lipinski definition) is 1. The van der Waals surface area contributed by atoms with Crippen LogP contribution in [0.15, 0.2) is 47.4 Å². The zero-order chi connectivity index (χ0) is 17.4. The summed E-state index contributed by atoms with van der Waals surface area (Å²) in [6.45, 7) is 3.08. The number of benzene rings is 1. The summed E-state index contributed by atoms with van der Waals surface area (Å²) in [6.07, 6.45) is 3.56. The van der Waals surface area contributed by atoms with Gasteiger partial charge in [-0.25, -0.2) is 0 Å². The summed E-state index contributed by atoms with van der Waals surface area (Å²) in [4.78, 5) is 27.2. The van der Waals surface area contributed by atoms with Crippen molar-refractivity contribution in [3.63, 3.8) is 0 Å². The molecule has 130 valence electrons. The summed E-state index contributed by atoms with van der Waals surface area (Å²) < 4.78 is 7.42. The standard InChI is InChI=1S/C19H21N3O3/c1-13-7-8-16-20-22-10-9-15(23)18(17(22)19(24)21(16)11-13)25-12-14-5-3-2-4-6-14/h2-6,9-10,13,16,20H,7-8,11-12H2,1H3/t13-,16+/m1/s1. The first-order valence-electron chi connectivity index (χ1n) is 8.63. The number of nitrogens with one attached hydrogen (secondary N) is 1. The van der Waals surface area contributed by atoms with Gasteiger partial charge in [-0.15, -0.1) is 0 Å². The first kappa shape index (κ1) is 15.7. The third-order valence-electron chi connectivity index (χ3n) is 4.85. The average Bonchev–Trinajstić information content (AvgIpc) is 2.63. The normalized spacial score (nSPS) is 22.0. The minimum Gasteiger partial charge on any atom is -0.482 e. The van der Waals surface area contributed by atoms with Crippen molar-refractivity contribution in [2.24, 2.45) is 5.92 Å². The van der Waals surface area contributed by atoms with Crippen molar-refractivity contribution in [2.75, 3.05) is 12.0 Å². The molecule has 0 aliphatic carbocycles. The van der Waals surface area contributed by atoms with Crippen molar-refractivity contribution >= 4 is 5.91 Å². The highest BCUT2D eigenvalue weighted by atomic mass is 16.5. The number of ether oxygens (including phenoxy) is 1. The minimum atomic E-state index is -0.277. The molecule has 1 saturated heterocycles. The van der Waals surface area contributed by atoms with Gasteiger partial charge >= 0.3 is 0 Å². The molecular weight excluding hydrogens is 318 g/mol. The summed E-state index contributed by atoms with van der Waals surface area (Å²) in [5, 5.41) is 0. The van der Waals surface area contributed by atoms with Crippen LogP contribution in [0.2, 0.25) is 0 Å². The molecule has 1 aromatic heterocycles. The number of nitrogens with zero attached hydrogens (tertiary/aromatic N) is 2. The Morgan fingerprint density at radius 1 is 1.16 bits per heavy atom. The molecule has 0 spiro atoms. The van der Waals surface area contributed by atoms with Crippen molar-refractivity contribution in [2.45, 2.75) is 32.5 Å². The van der Waals surface area contributed by atoms with Crippen LogP contribution in [-0.2, 0) is 6.61 Å². The molecule has 3 heterocycles. The lowest BCUT2D eigenvalue weighted by atomic mass is 9.97. The number of fused-ring (bicyclic) bond motifs is 2. The van der Waals surface area contributed by atoms with Crippen LogP contribution in [0, 0.1) is 5.92 Å². The summed E-state index contributed by atoms with van der Waals surface area (Å²) in [5.41, 5.74) is 4.28. The number of piperidine rings is 1. The van der Waals surface area contributed by atoms with E-state index in [2.05, 4.69) is 12.3 Å². The van der Waals surface area contributed by atoms with Crippen LogP contribution in [0.1, 0.15) is 35.8 Å². The lowest BCUT2D eigenvalue weighted by Gasteiger charge is -2.43. The van der Waals surface area contributed by atoms with Crippen molar-refractivity contribution in [1.82, 2.24) is 9.58 Å². The Kier molecular flexibility index (Phi) is 3.95. The third kappa shape index (κ3) is 2.88. The number of pyridine rings is 1. The van der Waals surface area contributed by atoms with E-state index in [1.165, 1.54) is 6.07 Å². The molecule has 6 nitrogen and oxygen atoms in total. The molecule has 1 fully saturated rings. The van der Waals surface area contributed by atoms with Gasteiger partial charge in [0.2, 0.25) is 5.43 Å². The number of rotatable bonds is 3. The lowest BCUT2D eigenvalue weighted by Crippen LogP contribution is -2.57. The molecule has 1 aromatic carbocycles. The van der Waals surface area contributed by atoms with E-state index >= 15 is 0 Å². The molecule has 0 unspecified atom stereocenters. The zero-order valence-corrected chi connectivity index (χ0v) is 14.1. The summed E-state index contributed by atoms with van der Waals surface area (Å²) in [6, 6.07) is 11.0. The molecule has 2 aliphatic rings. The highest BCUT2D eigenvalue weighted by molar-refractivity contribution is 5.96. The molecule has 1 amide bonds. The molecule has 6 heteroatoms. The van der Waals surface area contributed by atoms with Crippen molar-refractivity contribution in [3.05, 3.63) is 64.1 Å². The maximum absolute atomic E-state index is 13.0. The van der Waals surface area contributed by atoms with Gasteiger partial charge in [0, 0.05) is 18.8 Å². The highest BCUT2D eigenvalue weighted by Crippen LogP contribution is 2.28. The monoisotopic (exact) mass is 339 g/mol. The Balaban J connectivity index is 1.67. The number of carbonyl (C=O) groups excluding carboxylic acids is 1. The van der Waals surface area contributed by atoms with Crippen LogP contribution < -0.4 is 15.6 Å². The van der Waals surface area contributed by atoms with Crippen LogP contribution in [-0.4, -0.2) is 28.2 Å². The van der Waals surface area contributed by atoms with Crippen LogP contribution in [0.3, 0.4) is 0 Å². The smallest absolute Gasteiger partial charge is 0.278 e. The Morgan fingerprint density at radius 2 is 1.96 bits per heavy atom. The van der Waals surface area contributed by atoms with Crippen LogP contribution in [0.4, 0.5) is 0 Å². The molecule has 0 radical (unpaired) electrons. The largest absolute Gasteiger partial charge is 0.482 e. The van der Waals surface area contributed by atoms with E-state index in [-0.39, 0.29) is 35.6 Å². The third-order valence-corrected chi connectivity index (χ3v) is 4.85. The maximum Gasteiger partial charge on any atom is 0.278 e. The molecule has 2 atom stereocenters. The highest BCUT2D eigenvalue weighted by Gasteiger charge is 2.38. The topological polar surface area (TPSA) is 63.6 Å². The predicted octanol–water partition coefficient (Wildman–Crippen LogP) is 2.18. The lowest BCUT2D eigenvalue weighted by molar-refractivity contribution is 0.0500. The van der Waals surface area contributed by atoms with Crippen molar-refractivity contribution < 1.29 is 9.53 Å². The molecule has 0 bridgehead atoms. The molecule has 2 aliphatic heterocycles. The average molecular weight is 339 g/mol. The second kappa shape index (κ2) is 6.27. The Bertz CT molecular complexity index is 847. The minimum absolute atomic E-state index is 0.0272. The van der Waals surface area contributed by atoms with E-state index in [0.717, 1.165) is 18.4 Å². The summed E-state index contributed by atoms with van der Waals surface area (Å²) >= 11 is 0. The Labute approximate surface area is 146 Å². The first-order chi connectivity index (χ1) is 12.1. The van der Waals surface area contributed by atoms with Gasteiger partial charge in [-0.2, -0.15) is 0 Å². The van der Waals surface area contributed by atoms with E-state index in [1.54, 1.807) is 10.9 Å². The number of amides is 1. The van der Waals surface area contributed by atoms with Gasteiger partial charge in [0.15, 0.2) is 11.4 Å². The SMILES string of the molecule is C[C@@H]1CC[C@H]2Nn3ccc(=O)c(OCc4ccccc4)c3C(=O)N2C1. The molecule has 2 aromatic rings. The summed E-state index contributed by atoms with van der Waals surface area (Å²) in [5.74, 6) is 0.425. The Hall–Kier alpha value is -2.76. The fourth-order valence-electron chi connectivity index (χ4n) is 3.50. The van der Waals surface area contributed by atoms with Gasteiger partial charge in [-0.1, -0.05) is 37.3 Å².